The fourth-order valence-electron chi connectivity index (χ4n) is 1.58. The lowest BCUT2D eigenvalue weighted by Gasteiger charge is -2.05. The van der Waals surface area contributed by atoms with Gasteiger partial charge in [-0.1, -0.05) is 23.4 Å². The second-order valence-electron chi connectivity index (χ2n) is 4.11. The first kappa shape index (κ1) is 15.3. The van der Waals surface area contributed by atoms with Crippen LogP contribution in [0.5, 0.6) is 0 Å². The largest absolute Gasteiger partial charge is 0.305 e. The van der Waals surface area contributed by atoms with E-state index in [1.54, 1.807) is 0 Å². The summed E-state index contributed by atoms with van der Waals surface area (Å²) in [5, 5.41) is 3.64. The third kappa shape index (κ3) is 4.22. The van der Waals surface area contributed by atoms with Gasteiger partial charge in [0.25, 0.3) is 0 Å². The molecule has 1 N–H and O–H groups in total. The maximum atomic E-state index is 12.0. The first-order chi connectivity index (χ1) is 9.47. The minimum absolute atomic E-state index is 0.0927. The van der Waals surface area contributed by atoms with E-state index in [0.717, 1.165) is 5.75 Å². The lowest BCUT2D eigenvalue weighted by atomic mass is 10.4. The number of benzene rings is 1. The molecule has 0 atom stereocenters. The minimum Gasteiger partial charge on any atom is -0.305 e. The number of amides is 1. The van der Waals surface area contributed by atoms with Crippen molar-refractivity contribution in [2.45, 2.75) is 11.3 Å². The molecule has 0 saturated carbocycles. The second kappa shape index (κ2) is 6.60. The maximum Gasteiger partial charge on any atom is 0.226 e. The molecule has 1 heterocycles. The van der Waals surface area contributed by atoms with Crippen LogP contribution >= 0.6 is 23.4 Å². The molecular formula is C12H13ClN2O3S2. The van der Waals surface area contributed by atoms with Crippen molar-refractivity contribution in [3.05, 3.63) is 29.3 Å². The van der Waals surface area contributed by atoms with Crippen molar-refractivity contribution in [3.8, 4) is 0 Å². The molecule has 0 unspecified atom stereocenters. The molecule has 1 aliphatic heterocycles. The Kier molecular flexibility index (Phi) is 5.06. The summed E-state index contributed by atoms with van der Waals surface area (Å²) in [5.41, 5.74) is 0. The summed E-state index contributed by atoms with van der Waals surface area (Å²) in [5.74, 6) is 0.271. The summed E-state index contributed by atoms with van der Waals surface area (Å²) in [7, 11) is -3.47. The van der Waals surface area contributed by atoms with Crippen LogP contribution in [0.2, 0.25) is 5.02 Å². The summed E-state index contributed by atoms with van der Waals surface area (Å²) >= 11 is 7.17. The van der Waals surface area contributed by atoms with Crippen molar-refractivity contribution >= 4 is 44.3 Å². The number of thioether (sulfide) groups is 1. The van der Waals surface area contributed by atoms with E-state index in [1.807, 2.05) is 0 Å². The number of nitrogens with zero attached hydrogens (tertiary/aromatic N) is 1. The number of hydrogen-bond acceptors (Lipinski definition) is 5. The second-order valence-corrected chi connectivity index (χ2v) is 7.74. The number of halogens is 1. The van der Waals surface area contributed by atoms with Crippen molar-refractivity contribution in [1.29, 1.82) is 0 Å². The predicted molar refractivity (Wildman–Crippen MR) is 81.0 cm³/mol. The molecule has 20 heavy (non-hydrogen) atoms. The van der Waals surface area contributed by atoms with Gasteiger partial charge in [-0.3, -0.25) is 9.79 Å². The Morgan fingerprint density at radius 2 is 2.05 bits per heavy atom. The van der Waals surface area contributed by atoms with E-state index in [-0.39, 0.29) is 23.0 Å². The SMILES string of the molecule is O=C(CCS(=O)(=O)c1ccc(Cl)cc1)NC1=NCCS1. The molecule has 0 bridgehead atoms. The van der Waals surface area contributed by atoms with E-state index in [9.17, 15) is 13.2 Å². The Bertz CT molecular complexity index is 627. The maximum absolute atomic E-state index is 12.0. The molecule has 1 aliphatic rings. The zero-order valence-electron chi connectivity index (χ0n) is 10.5. The number of carbonyl (C=O) groups excluding carboxylic acids is 1. The van der Waals surface area contributed by atoms with E-state index in [2.05, 4.69) is 10.3 Å². The molecule has 0 radical (unpaired) electrons. The molecule has 2 rings (SSSR count). The van der Waals surface area contributed by atoms with E-state index < -0.39 is 9.84 Å². The van der Waals surface area contributed by atoms with E-state index in [4.69, 9.17) is 11.6 Å². The van der Waals surface area contributed by atoms with Gasteiger partial charge in [-0.15, -0.1) is 0 Å². The zero-order chi connectivity index (χ0) is 14.6. The molecule has 1 aromatic carbocycles. The Hall–Kier alpha value is -1.05. The molecule has 1 aromatic rings. The van der Waals surface area contributed by atoms with Gasteiger partial charge in [0.1, 0.15) is 0 Å². The Balaban J connectivity index is 1.91. The molecule has 5 nitrogen and oxygen atoms in total. The number of aliphatic imine (C=N–C) groups is 1. The minimum atomic E-state index is -3.47. The molecule has 1 amide bonds. The van der Waals surface area contributed by atoms with Crippen LogP contribution in [0.25, 0.3) is 0 Å². The van der Waals surface area contributed by atoms with Crippen molar-refractivity contribution < 1.29 is 13.2 Å². The van der Waals surface area contributed by atoms with Crippen LogP contribution in [-0.2, 0) is 14.6 Å². The number of hydrogen-bond donors (Lipinski definition) is 1. The third-order valence-electron chi connectivity index (χ3n) is 2.60. The summed E-state index contributed by atoms with van der Waals surface area (Å²) in [4.78, 5) is 15.9. The van der Waals surface area contributed by atoms with E-state index >= 15 is 0 Å². The Morgan fingerprint density at radius 3 is 2.65 bits per heavy atom. The van der Waals surface area contributed by atoms with E-state index in [1.165, 1.54) is 36.0 Å². The summed E-state index contributed by atoms with van der Waals surface area (Å²) < 4.78 is 24.1. The molecule has 0 spiro atoms. The third-order valence-corrected chi connectivity index (χ3v) is 5.48. The molecule has 8 heteroatoms. The number of rotatable bonds is 4. The van der Waals surface area contributed by atoms with Gasteiger partial charge in [0.15, 0.2) is 15.0 Å². The summed E-state index contributed by atoms with van der Waals surface area (Å²) in [6.07, 6.45) is -0.0927. The monoisotopic (exact) mass is 332 g/mol. The van der Waals surface area contributed by atoms with Crippen LogP contribution in [0.3, 0.4) is 0 Å². The van der Waals surface area contributed by atoms with Crippen LogP contribution in [0.1, 0.15) is 6.42 Å². The van der Waals surface area contributed by atoms with Crippen LogP contribution < -0.4 is 5.32 Å². The Labute approximate surface area is 126 Å². The standard InChI is InChI=1S/C12H13ClN2O3S2/c13-9-1-3-10(4-2-9)20(17,18)8-5-11(16)15-12-14-6-7-19-12/h1-4H,5-8H2,(H,14,15,16). The van der Waals surface area contributed by atoms with Crippen LogP contribution in [0.4, 0.5) is 0 Å². The van der Waals surface area contributed by atoms with Crippen molar-refractivity contribution in [2.75, 3.05) is 18.1 Å². The summed E-state index contributed by atoms with van der Waals surface area (Å²) in [6, 6.07) is 5.90. The van der Waals surface area contributed by atoms with Crippen molar-refractivity contribution in [3.63, 3.8) is 0 Å². The highest BCUT2D eigenvalue weighted by molar-refractivity contribution is 8.14. The zero-order valence-corrected chi connectivity index (χ0v) is 12.9. The van der Waals surface area contributed by atoms with Gasteiger partial charge >= 0.3 is 0 Å². The predicted octanol–water partition coefficient (Wildman–Crippen LogP) is 1.72. The molecular weight excluding hydrogens is 320 g/mol. The first-order valence-corrected chi connectivity index (χ1v) is 8.94. The molecule has 0 saturated heterocycles. The molecule has 0 fully saturated rings. The number of nitrogens with one attached hydrogen (secondary N) is 1. The Morgan fingerprint density at radius 1 is 1.35 bits per heavy atom. The summed E-state index contributed by atoms with van der Waals surface area (Å²) in [6.45, 7) is 0.684. The van der Waals surface area contributed by atoms with Crippen LogP contribution in [0, 0.1) is 0 Å². The van der Waals surface area contributed by atoms with Gasteiger partial charge < -0.3 is 5.32 Å². The van der Waals surface area contributed by atoms with Gasteiger partial charge in [-0.05, 0) is 24.3 Å². The number of amidine groups is 1. The molecule has 0 aromatic heterocycles. The molecule has 0 aliphatic carbocycles. The van der Waals surface area contributed by atoms with Gasteiger partial charge in [0, 0.05) is 17.2 Å². The number of carbonyl (C=O) groups is 1. The van der Waals surface area contributed by atoms with Crippen LogP contribution in [0.15, 0.2) is 34.2 Å². The normalized spacial score (nSPS) is 14.9. The average molecular weight is 333 g/mol. The lowest BCUT2D eigenvalue weighted by molar-refractivity contribution is -0.119. The van der Waals surface area contributed by atoms with Gasteiger partial charge in [-0.25, -0.2) is 8.42 Å². The average Bonchev–Trinajstić information content (AvgIpc) is 2.90. The van der Waals surface area contributed by atoms with Gasteiger partial charge in [-0.2, -0.15) is 0 Å². The van der Waals surface area contributed by atoms with Crippen molar-refractivity contribution in [1.82, 2.24) is 5.32 Å². The van der Waals surface area contributed by atoms with Gasteiger partial charge in [0.2, 0.25) is 5.91 Å². The van der Waals surface area contributed by atoms with Crippen molar-refractivity contribution in [2.24, 2.45) is 4.99 Å². The highest BCUT2D eigenvalue weighted by Gasteiger charge is 2.18. The quantitative estimate of drug-likeness (QED) is 0.911. The molecule has 108 valence electrons. The smallest absolute Gasteiger partial charge is 0.226 e. The van der Waals surface area contributed by atoms with E-state index in [0.29, 0.717) is 16.7 Å². The fourth-order valence-corrected chi connectivity index (χ4v) is 3.69. The van der Waals surface area contributed by atoms with Gasteiger partial charge in [0.05, 0.1) is 17.2 Å². The lowest BCUT2D eigenvalue weighted by Crippen LogP contribution is -2.29. The topological polar surface area (TPSA) is 75.6 Å². The highest BCUT2D eigenvalue weighted by Crippen LogP contribution is 2.16. The highest BCUT2D eigenvalue weighted by atomic mass is 35.5. The van der Waals surface area contributed by atoms with Crippen LogP contribution in [-0.4, -0.2) is 37.5 Å². The number of sulfone groups is 1. The first-order valence-electron chi connectivity index (χ1n) is 5.93. The fraction of sp³-hybridized carbons (Fsp3) is 0.333.